The van der Waals surface area contributed by atoms with E-state index in [0.717, 1.165) is 24.9 Å². The Balaban J connectivity index is 2.38. The monoisotopic (exact) mass is 389 g/mol. The van der Waals surface area contributed by atoms with Gasteiger partial charge in [0.2, 0.25) is 5.91 Å². The third kappa shape index (κ3) is 6.72. The molecular formula is C14H21BINO3. The summed E-state index contributed by atoms with van der Waals surface area (Å²) in [5.74, 6) is 0.0172. The molecule has 0 saturated heterocycles. The van der Waals surface area contributed by atoms with Gasteiger partial charge in [0.1, 0.15) is 0 Å². The van der Waals surface area contributed by atoms with Crippen LogP contribution < -0.4 is 10.8 Å². The van der Waals surface area contributed by atoms with E-state index < -0.39 is 7.12 Å². The minimum Gasteiger partial charge on any atom is -0.423 e. The second-order valence-electron chi connectivity index (χ2n) is 4.77. The van der Waals surface area contributed by atoms with Crippen LogP contribution in [-0.2, 0) is 14.2 Å². The van der Waals surface area contributed by atoms with E-state index in [0.29, 0.717) is 11.9 Å². The quantitative estimate of drug-likeness (QED) is 0.386. The lowest BCUT2D eigenvalue weighted by molar-refractivity contribution is -0.120. The second kappa shape index (κ2) is 10.2. The lowest BCUT2D eigenvalue weighted by Gasteiger charge is -2.07. The summed E-state index contributed by atoms with van der Waals surface area (Å²) < 4.78 is 4.82. The highest BCUT2D eigenvalue weighted by Crippen LogP contribution is 2.02. The van der Waals surface area contributed by atoms with Gasteiger partial charge in [-0.15, -0.1) is 0 Å². The van der Waals surface area contributed by atoms with Gasteiger partial charge in [0, 0.05) is 6.54 Å². The minimum absolute atomic E-state index is 0.0172. The van der Waals surface area contributed by atoms with Crippen molar-refractivity contribution in [2.24, 2.45) is 0 Å². The number of amides is 1. The maximum atomic E-state index is 11.8. The average molecular weight is 389 g/mol. The minimum atomic E-state index is -0.951. The number of hydrogen-bond acceptors (Lipinski definition) is 3. The molecule has 0 aromatic heterocycles. The summed E-state index contributed by atoms with van der Waals surface area (Å²) in [7, 11) is -0.951. The van der Waals surface area contributed by atoms with Crippen LogP contribution in [0.1, 0.15) is 38.2 Å². The normalized spacial score (nSPS) is 10.3. The number of carbonyl (C=O) groups is 1. The zero-order valence-electron chi connectivity index (χ0n) is 11.8. The van der Waals surface area contributed by atoms with E-state index in [4.69, 9.17) is 2.98 Å². The van der Waals surface area contributed by atoms with Crippen LogP contribution in [-0.4, -0.2) is 24.6 Å². The predicted octanol–water partition coefficient (Wildman–Crippen LogP) is 1.98. The average Bonchev–Trinajstić information content (AvgIpc) is 2.46. The largest absolute Gasteiger partial charge is 0.500 e. The molecule has 0 saturated carbocycles. The fourth-order valence-corrected chi connectivity index (χ4v) is 2.23. The fourth-order valence-electron chi connectivity index (χ4n) is 1.94. The molecule has 1 amide bonds. The van der Waals surface area contributed by atoms with E-state index >= 15 is 0 Å². The summed E-state index contributed by atoms with van der Waals surface area (Å²) in [5, 5.41) is 12.5. The standard InChI is InChI=1S/C14H21BINO3/c1-2-3-4-5-9-17-14(18)11-12-7-6-8-13(10-12)15(19)20-16/h6-8,10,19H,2-5,9,11H2,1H3,(H,17,18). The maximum absolute atomic E-state index is 11.8. The summed E-state index contributed by atoms with van der Waals surface area (Å²) in [4.78, 5) is 11.8. The van der Waals surface area contributed by atoms with Crippen molar-refractivity contribution < 1.29 is 12.8 Å². The number of unbranched alkanes of at least 4 members (excludes halogenated alkanes) is 3. The Hall–Kier alpha value is -0.595. The highest BCUT2D eigenvalue weighted by molar-refractivity contribution is 14.1. The third-order valence-corrected chi connectivity index (χ3v) is 3.52. The van der Waals surface area contributed by atoms with Crippen molar-refractivity contribution in [1.29, 1.82) is 0 Å². The van der Waals surface area contributed by atoms with E-state index in [-0.39, 0.29) is 5.91 Å². The van der Waals surface area contributed by atoms with Gasteiger partial charge in [-0.3, -0.25) is 4.79 Å². The molecule has 1 aromatic rings. The predicted molar refractivity (Wildman–Crippen MR) is 90.0 cm³/mol. The maximum Gasteiger partial charge on any atom is 0.500 e. The summed E-state index contributed by atoms with van der Waals surface area (Å²) >= 11 is 1.65. The first-order valence-electron chi connectivity index (χ1n) is 6.98. The third-order valence-electron chi connectivity index (χ3n) is 3.04. The van der Waals surface area contributed by atoms with E-state index in [9.17, 15) is 9.82 Å². The van der Waals surface area contributed by atoms with Crippen molar-refractivity contribution in [1.82, 2.24) is 5.32 Å². The molecule has 0 aliphatic carbocycles. The van der Waals surface area contributed by atoms with Crippen molar-refractivity contribution >= 4 is 41.5 Å². The van der Waals surface area contributed by atoms with Crippen molar-refractivity contribution in [3.8, 4) is 0 Å². The molecule has 4 nitrogen and oxygen atoms in total. The topological polar surface area (TPSA) is 58.6 Å². The van der Waals surface area contributed by atoms with Crippen LogP contribution in [0.4, 0.5) is 0 Å². The molecule has 110 valence electrons. The Bertz CT molecular complexity index is 417. The Labute approximate surface area is 135 Å². The molecule has 20 heavy (non-hydrogen) atoms. The lowest BCUT2D eigenvalue weighted by Crippen LogP contribution is -2.31. The summed E-state index contributed by atoms with van der Waals surface area (Å²) in [6, 6.07) is 7.26. The van der Waals surface area contributed by atoms with Crippen molar-refractivity contribution in [2.75, 3.05) is 6.54 Å². The summed E-state index contributed by atoms with van der Waals surface area (Å²) in [6.45, 7) is 2.90. The van der Waals surface area contributed by atoms with Gasteiger partial charge in [0.25, 0.3) is 0 Å². The molecule has 0 aliphatic rings. The van der Waals surface area contributed by atoms with Crippen LogP contribution >= 0.6 is 23.0 Å². The number of halogens is 1. The van der Waals surface area contributed by atoms with Gasteiger partial charge in [-0.25, -0.2) is 0 Å². The first kappa shape index (κ1) is 17.5. The molecule has 0 aliphatic heterocycles. The van der Waals surface area contributed by atoms with Crippen LogP contribution in [0.3, 0.4) is 0 Å². The number of carbonyl (C=O) groups excluding carboxylic acids is 1. The van der Waals surface area contributed by atoms with Gasteiger partial charge < -0.3 is 13.3 Å². The van der Waals surface area contributed by atoms with Crippen LogP contribution in [0.5, 0.6) is 0 Å². The molecule has 2 N–H and O–H groups in total. The highest BCUT2D eigenvalue weighted by Gasteiger charge is 2.15. The van der Waals surface area contributed by atoms with Crippen LogP contribution in [0.2, 0.25) is 0 Å². The van der Waals surface area contributed by atoms with Crippen LogP contribution in [0.25, 0.3) is 0 Å². The number of benzene rings is 1. The van der Waals surface area contributed by atoms with E-state index in [1.807, 2.05) is 12.1 Å². The zero-order chi connectivity index (χ0) is 14.8. The van der Waals surface area contributed by atoms with Gasteiger partial charge in [0.05, 0.1) is 29.4 Å². The first-order valence-corrected chi connectivity index (χ1v) is 7.86. The van der Waals surface area contributed by atoms with Gasteiger partial charge in [-0.05, 0) is 17.4 Å². The molecule has 6 heteroatoms. The zero-order valence-corrected chi connectivity index (χ0v) is 13.9. The number of rotatable bonds is 9. The Morgan fingerprint density at radius 3 is 2.90 bits per heavy atom. The molecule has 0 heterocycles. The number of nitrogens with one attached hydrogen (secondary N) is 1. The molecule has 1 rings (SSSR count). The molecule has 0 bridgehead atoms. The van der Waals surface area contributed by atoms with Crippen molar-refractivity contribution in [3.63, 3.8) is 0 Å². The Morgan fingerprint density at radius 2 is 2.20 bits per heavy atom. The lowest BCUT2D eigenvalue weighted by atomic mass is 9.79. The van der Waals surface area contributed by atoms with E-state index in [2.05, 4.69) is 12.2 Å². The smallest absolute Gasteiger partial charge is 0.423 e. The van der Waals surface area contributed by atoms with E-state index in [1.165, 1.54) is 12.8 Å². The molecule has 0 atom stereocenters. The second-order valence-corrected chi connectivity index (χ2v) is 5.28. The molecule has 0 radical (unpaired) electrons. The SMILES string of the molecule is CCCCCCNC(=O)Cc1cccc(B(O)OI)c1. The summed E-state index contributed by atoms with van der Waals surface area (Å²) in [5.41, 5.74) is 1.54. The highest BCUT2D eigenvalue weighted by atomic mass is 127. The van der Waals surface area contributed by atoms with Gasteiger partial charge >= 0.3 is 7.12 Å². The first-order chi connectivity index (χ1) is 9.67. The van der Waals surface area contributed by atoms with Crippen LogP contribution in [0, 0.1) is 0 Å². The van der Waals surface area contributed by atoms with Gasteiger partial charge in [-0.1, -0.05) is 50.5 Å². The Kier molecular flexibility index (Phi) is 8.88. The molecular weight excluding hydrogens is 368 g/mol. The fraction of sp³-hybridized carbons (Fsp3) is 0.500. The molecule has 0 spiro atoms. The molecule has 1 aromatic carbocycles. The molecule has 0 fully saturated rings. The van der Waals surface area contributed by atoms with Crippen LogP contribution in [0.15, 0.2) is 24.3 Å². The van der Waals surface area contributed by atoms with Gasteiger partial charge in [-0.2, -0.15) is 0 Å². The Morgan fingerprint density at radius 1 is 1.40 bits per heavy atom. The van der Waals surface area contributed by atoms with Crippen molar-refractivity contribution in [2.45, 2.75) is 39.0 Å². The van der Waals surface area contributed by atoms with Gasteiger partial charge in [0.15, 0.2) is 0 Å². The number of hydrogen-bond donors (Lipinski definition) is 2. The summed E-state index contributed by atoms with van der Waals surface area (Å²) in [6.07, 6.45) is 4.93. The van der Waals surface area contributed by atoms with Crippen molar-refractivity contribution in [3.05, 3.63) is 29.8 Å². The molecule has 0 unspecified atom stereocenters. The van der Waals surface area contributed by atoms with E-state index in [1.54, 1.807) is 35.1 Å².